The highest BCUT2D eigenvalue weighted by Crippen LogP contribution is 2.77. The summed E-state index contributed by atoms with van der Waals surface area (Å²) in [6, 6.07) is 2.28. The molecule has 5 aliphatic carbocycles. The van der Waals surface area contributed by atoms with Gasteiger partial charge < -0.3 is 26.3 Å². The minimum atomic E-state index is -0.723. The molecule has 7 atom stereocenters. The Morgan fingerprint density at radius 3 is 2.40 bits per heavy atom. The van der Waals surface area contributed by atoms with E-state index in [1.54, 1.807) is 0 Å². The number of fused-ring (bicyclic) bond motifs is 7. The highest BCUT2D eigenvalue weighted by atomic mass is 16.4. The lowest BCUT2D eigenvalue weighted by atomic mass is 9.33. The van der Waals surface area contributed by atoms with Crippen LogP contribution in [-0.4, -0.2) is 48.0 Å². The fraction of sp³-hybridized carbons (Fsp3) is 0.750. The minimum absolute atomic E-state index is 0.00607. The molecule has 3 unspecified atom stereocenters. The Kier molecular flexibility index (Phi) is 7.74. The summed E-state index contributed by atoms with van der Waals surface area (Å²) in [4.78, 5) is 15.9. The highest BCUT2D eigenvalue weighted by Gasteiger charge is 2.70. The summed E-state index contributed by atoms with van der Waals surface area (Å²) in [6.45, 7) is 21.6. The van der Waals surface area contributed by atoms with Gasteiger partial charge in [0.1, 0.15) is 11.6 Å². The molecule has 0 aromatic carbocycles. The maximum atomic E-state index is 13.5. The average molecular weight is 660 g/mol. The monoisotopic (exact) mass is 659 g/mol. The van der Waals surface area contributed by atoms with E-state index < -0.39 is 11.4 Å². The largest absolute Gasteiger partial charge is 0.481 e. The van der Waals surface area contributed by atoms with Crippen LogP contribution in [0.15, 0.2) is 33.6 Å². The van der Waals surface area contributed by atoms with Crippen LogP contribution in [0.25, 0.3) is 5.57 Å². The van der Waals surface area contributed by atoms with Crippen molar-refractivity contribution in [3.05, 3.63) is 40.5 Å². The first kappa shape index (κ1) is 33.9. The molecule has 8 heteroatoms. The summed E-state index contributed by atoms with van der Waals surface area (Å²) < 4.78 is 6.39. The Balaban J connectivity index is 1.42. The smallest absolute Gasteiger partial charge is 0.310 e. The third kappa shape index (κ3) is 4.66. The molecule has 264 valence electrons. The van der Waals surface area contributed by atoms with Gasteiger partial charge in [-0.25, -0.2) is 0 Å². The zero-order chi connectivity index (χ0) is 34.7. The molecule has 0 bridgehead atoms. The van der Waals surface area contributed by atoms with Crippen molar-refractivity contribution >= 4 is 17.4 Å². The minimum Gasteiger partial charge on any atom is -0.481 e. The molecular weight excluding hydrogens is 598 g/mol. The number of hydrogen-bond acceptors (Lipinski definition) is 6. The Morgan fingerprint density at radius 2 is 1.73 bits per heavy atom. The van der Waals surface area contributed by atoms with Gasteiger partial charge in [0.15, 0.2) is 0 Å². The number of piperazine rings is 1. The Hall–Kier alpha value is -2.58. The summed E-state index contributed by atoms with van der Waals surface area (Å²) in [6.07, 6.45) is 9.96. The molecule has 6 aliphatic rings. The van der Waals surface area contributed by atoms with Crippen molar-refractivity contribution in [3.8, 4) is 0 Å². The molecule has 0 spiro atoms. The van der Waals surface area contributed by atoms with E-state index in [9.17, 15) is 9.90 Å². The molecule has 0 amide bonds. The molecule has 7 N–H and O–H groups in total. The van der Waals surface area contributed by atoms with Crippen molar-refractivity contribution < 1.29 is 14.3 Å². The number of carboxylic acids is 1. The molecule has 48 heavy (non-hydrogen) atoms. The van der Waals surface area contributed by atoms with Crippen molar-refractivity contribution in [2.24, 2.45) is 61.7 Å². The summed E-state index contributed by atoms with van der Waals surface area (Å²) in [7, 11) is 0. The van der Waals surface area contributed by atoms with E-state index in [1.807, 2.05) is 6.26 Å². The van der Waals surface area contributed by atoms with E-state index >= 15 is 0 Å². The summed E-state index contributed by atoms with van der Waals surface area (Å²) >= 11 is 0. The van der Waals surface area contributed by atoms with Crippen LogP contribution in [0.4, 0.5) is 0 Å². The van der Waals surface area contributed by atoms with E-state index in [0.29, 0.717) is 11.8 Å². The Morgan fingerprint density at radius 1 is 1.04 bits per heavy atom. The quantitative estimate of drug-likeness (QED) is 0.167. The number of carboxylic acid groups (broad SMARTS) is 1. The van der Waals surface area contributed by atoms with Gasteiger partial charge in [0.25, 0.3) is 0 Å². The van der Waals surface area contributed by atoms with Gasteiger partial charge in [-0.1, -0.05) is 54.0 Å². The molecule has 3 saturated carbocycles. The number of aliphatic carboxylic acids is 1. The third-order valence-corrected chi connectivity index (χ3v) is 15.8. The van der Waals surface area contributed by atoms with E-state index in [4.69, 9.17) is 21.3 Å². The number of nitrogens with one attached hydrogen (secondary N) is 2. The van der Waals surface area contributed by atoms with Crippen LogP contribution in [0.3, 0.4) is 0 Å². The lowest BCUT2D eigenvalue weighted by molar-refractivity contribution is -0.177. The van der Waals surface area contributed by atoms with Gasteiger partial charge in [0, 0.05) is 48.4 Å². The number of nitrogens with zero attached hydrogens (tertiary/aromatic N) is 1. The number of allylic oxidation sites excluding steroid dienone is 3. The number of carbonyl (C=O) groups is 1. The van der Waals surface area contributed by atoms with Gasteiger partial charge in [0.2, 0.25) is 0 Å². The Bertz CT molecular complexity index is 1580. The number of rotatable bonds is 5. The molecule has 1 aromatic heterocycles. The van der Waals surface area contributed by atoms with Crippen LogP contribution in [0.5, 0.6) is 0 Å². The van der Waals surface area contributed by atoms with Crippen LogP contribution in [-0.2, 0) is 11.3 Å². The molecule has 0 radical (unpaired) electrons. The molecule has 2 heterocycles. The zero-order valence-corrected chi connectivity index (χ0v) is 30.7. The second-order valence-corrected chi connectivity index (χ2v) is 18.9. The van der Waals surface area contributed by atoms with Crippen molar-refractivity contribution in [3.63, 3.8) is 0 Å². The molecule has 8 nitrogen and oxygen atoms in total. The van der Waals surface area contributed by atoms with Gasteiger partial charge in [-0.05, 0) is 109 Å². The van der Waals surface area contributed by atoms with E-state index in [-0.39, 0.29) is 38.8 Å². The summed E-state index contributed by atoms with van der Waals surface area (Å²) in [5.74, 6) is 1.16. The van der Waals surface area contributed by atoms with Gasteiger partial charge in [-0.2, -0.15) is 0 Å². The SMILES string of the molecule is CC1(C)CC[C@]2(C(=O)O)CC[C@]3(C)C(=C(c4coc(CN5CCNCC5)c4)CC4[C@@]5(C)CC(C(=N)N)=C(N)C(C)(C)C5CC[C@]43C)C2C1. The maximum absolute atomic E-state index is 13.5. The normalized spacial score (nSPS) is 40.8. The predicted molar refractivity (Wildman–Crippen MR) is 191 cm³/mol. The first-order valence-corrected chi connectivity index (χ1v) is 18.7. The van der Waals surface area contributed by atoms with Crippen LogP contribution >= 0.6 is 0 Å². The molecule has 7 rings (SSSR count). The van der Waals surface area contributed by atoms with Crippen molar-refractivity contribution in [2.45, 2.75) is 113 Å². The lowest BCUT2D eigenvalue weighted by Crippen LogP contribution is -2.65. The van der Waals surface area contributed by atoms with Gasteiger partial charge in [0.05, 0.1) is 18.2 Å². The predicted octanol–water partition coefficient (Wildman–Crippen LogP) is 7.16. The third-order valence-electron chi connectivity index (χ3n) is 15.8. The number of amidine groups is 1. The van der Waals surface area contributed by atoms with Crippen LogP contribution < -0.4 is 16.8 Å². The topological polar surface area (TPSA) is 142 Å². The first-order chi connectivity index (χ1) is 22.4. The van der Waals surface area contributed by atoms with Crippen molar-refractivity contribution in [1.29, 1.82) is 5.41 Å². The summed E-state index contributed by atoms with van der Waals surface area (Å²) in [5.41, 5.74) is 17.5. The molecule has 4 fully saturated rings. The lowest BCUT2D eigenvalue weighted by Gasteiger charge is -2.71. The second kappa shape index (κ2) is 11.0. The molecular formula is C40H61N5O3. The number of hydrogen-bond donors (Lipinski definition) is 5. The maximum Gasteiger partial charge on any atom is 0.310 e. The zero-order valence-electron chi connectivity index (χ0n) is 30.7. The average Bonchev–Trinajstić information content (AvgIpc) is 3.47. The van der Waals surface area contributed by atoms with Crippen LogP contribution in [0, 0.1) is 55.7 Å². The molecule has 1 aromatic rings. The molecule has 1 aliphatic heterocycles. The second-order valence-electron chi connectivity index (χ2n) is 18.9. The first-order valence-electron chi connectivity index (χ1n) is 18.7. The molecule has 1 saturated heterocycles. The van der Waals surface area contributed by atoms with Gasteiger partial charge in [-0.15, -0.1) is 0 Å². The number of nitrogens with two attached hydrogens (primary N) is 2. The van der Waals surface area contributed by atoms with Crippen LogP contribution in [0.2, 0.25) is 0 Å². The van der Waals surface area contributed by atoms with E-state index in [0.717, 1.165) is 113 Å². The van der Waals surface area contributed by atoms with Gasteiger partial charge >= 0.3 is 5.97 Å². The summed E-state index contributed by atoms with van der Waals surface area (Å²) in [5, 5.41) is 23.1. The standard InChI is InChI=1S/C40H61N5O3/c1-35(2)10-12-40(34(46)47)13-11-39(7)31(28(40)21-35)26(24-18-25(48-23-24)22-45-16-14-44-15-17-45)19-30-37(5)20-27(33(42)43)32(41)36(3,4)29(37)8-9-38(30,39)6/h18,23,28-30,44H,8-17,19-22,41H2,1-7H3,(H3,42,43)(H,46,47)/t28?,29?,30?,37-,38+,39+,40-/m0/s1. The highest BCUT2D eigenvalue weighted by molar-refractivity contribution is 5.95. The van der Waals surface area contributed by atoms with E-state index in [1.165, 1.54) is 11.1 Å². The van der Waals surface area contributed by atoms with E-state index in [2.05, 4.69) is 64.7 Å². The Labute approximate surface area is 288 Å². The van der Waals surface area contributed by atoms with Crippen molar-refractivity contribution in [2.75, 3.05) is 26.2 Å². The number of furan rings is 1. The fourth-order valence-electron chi connectivity index (χ4n) is 12.8. The van der Waals surface area contributed by atoms with Gasteiger partial charge in [-0.3, -0.25) is 15.1 Å². The van der Waals surface area contributed by atoms with Crippen molar-refractivity contribution in [1.82, 2.24) is 10.2 Å². The van der Waals surface area contributed by atoms with Crippen LogP contribution in [0.1, 0.15) is 118 Å². The fourth-order valence-corrected chi connectivity index (χ4v) is 12.8.